The van der Waals surface area contributed by atoms with Gasteiger partial charge in [0.15, 0.2) is 5.82 Å². The van der Waals surface area contributed by atoms with E-state index in [-0.39, 0.29) is 5.41 Å². The summed E-state index contributed by atoms with van der Waals surface area (Å²) in [7, 11) is 0. The first-order valence-corrected chi connectivity index (χ1v) is 17.6. The molecule has 0 N–H and O–H groups in total. The van der Waals surface area contributed by atoms with E-state index >= 15 is 0 Å². The Morgan fingerprint density at radius 2 is 0.920 bits per heavy atom. The minimum atomic E-state index is -0.00375. The van der Waals surface area contributed by atoms with Gasteiger partial charge in [0.25, 0.3) is 0 Å². The molecule has 0 amide bonds. The van der Waals surface area contributed by atoms with Crippen molar-refractivity contribution in [3.05, 3.63) is 168 Å². The lowest BCUT2D eigenvalue weighted by Gasteiger charge is -2.36. The third-order valence-electron chi connectivity index (χ3n) is 10.8. The molecule has 0 saturated heterocycles. The number of nitrogens with zero attached hydrogens (tertiary/aromatic N) is 3. The van der Waals surface area contributed by atoms with Gasteiger partial charge in [0.2, 0.25) is 0 Å². The van der Waals surface area contributed by atoms with Gasteiger partial charge in [0, 0.05) is 22.1 Å². The highest BCUT2D eigenvalue weighted by Gasteiger charge is 2.44. The van der Waals surface area contributed by atoms with E-state index in [1.54, 1.807) is 0 Å². The lowest BCUT2D eigenvalue weighted by atomic mass is 9.67. The first-order valence-electron chi connectivity index (χ1n) is 17.6. The summed E-state index contributed by atoms with van der Waals surface area (Å²) in [5, 5.41) is 9.71. The van der Waals surface area contributed by atoms with Crippen molar-refractivity contribution in [2.75, 3.05) is 0 Å². The highest BCUT2D eigenvalue weighted by atomic mass is 14.9. The maximum atomic E-state index is 9.71. The zero-order chi connectivity index (χ0) is 33.5. The van der Waals surface area contributed by atoms with Crippen LogP contribution in [0.2, 0.25) is 0 Å². The van der Waals surface area contributed by atoms with Crippen LogP contribution in [-0.4, -0.2) is 9.97 Å². The summed E-state index contributed by atoms with van der Waals surface area (Å²) in [6.45, 7) is 0. The van der Waals surface area contributed by atoms with E-state index in [2.05, 4.69) is 127 Å². The van der Waals surface area contributed by atoms with Gasteiger partial charge in [-0.05, 0) is 81.6 Å². The van der Waals surface area contributed by atoms with E-state index in [4.69, 9.17) is 9.97 Å². The van der Waals surface area contributed by atoms with Gasteiger partial charge in [-0.25, -0.2) is 9.97 Å². The number of nitriles is 1. The Kier molecular flexibility index (Phi) is 7.44. The van der Waals surface area contributed by atoms with Gasteiger partial charge < -0.3 is 0 Å². The molecule has 50 heavy (non-hydrogen) atoms. The van der Waals surface area contributed by atoms with Crippen LogP contribution in [0.1, 0.15) is 48.8 Å². The fraction of sp³-hybridized carbons (Fsp3) is 0.128. The Hall–Kier alpha value is -6.11. The van der Waals surface area contributed by atoms with Crippen LogP contribution in [0.5, 0.6) is 0 Å². The van der Waals surface area contributed by atoms with Crippen molar-refractivity contribution in [2.24, 2.45) is 0 Å². The molecule has 3 heteroatoms. The second-order valence-corrected chi connectivity index (χ2v) is 13.6. The zero-order valence-electron chi connectivity index (χ0n) is 27.8. The molecule has 0 atom stereocenters. The Morgan fingerprint density at radius 3 is 1.52 bits per heavy atom. The quantitative estimate of drug-likeness (QED) is 0.188. The maximum absolute atomic E-state index is 9.71. The van der Waals surface area contributed by atoms with Crippen molar-refractivity contribution in [2.45, 2.75) is 37.5 Å². The number of aromatic nitrogens is 2. The van der Waals surface area contributed by atoms with Crippen molar-refractivity contribution in [3.63, 3.8) is 0 Å². The van der Waals surface area contributed by atoms with Crippen LogP contribution in [0, 0.1) is 11.3 Å². The standard InChI is InChI=1S/C47H35N3/c48-31-32-14-24-40-41-25-23-39(29-43(41)47(42(40)28-32)26-8-3-9-27-47)35-17-21-37(22-18-35)45-30-44(49-46(50-45)38-12-6-2-7-13-38)36-19-15-34(16-20-36)33-10-4-1-5-11-33/h1-2,4-7,10-25,28-30H,3,8-9,26-27H2. The van der Waals surface area contributed by atoms with Crippen molar-refractivity contribution >= 4 is 0 Å². The topological polar surface area (TPSA) is 49.6 Å². The van der Waals surface area contributed by atoms with E-state index in [0.29, 0.717) is 5.82 Å². The molecule has 238 valence electrons. The molecule has 0 aliphatic heterocycles. The van der Waals surface area contributed by atoms with Crippen LogP contribution in [0.15, 0.2) is 152 Å². The van der Waals surface area contributed by atoms with Gasteiger partial charge in [-0.3, -0.25) is 0 Å². The van der Waals surface area contributed by atoms with Crippen molar-refractivity contribution < 1.29 is 0 Å². The minimum absolute atomic E-state index is 0.00375. The summed E-state index contributed by atoms with van der Waals surface area (Å²) in [6, 6.07) is 55.9. The predicted molar refractivity (Wildman–Crippen MR) is 203 cm³/mol. The first-order chi connectivity index (χ1) is 24.7. The molecular formula is C47H35N3. The van der Waals surface area contributed by atoms with Crippen LogP contribution in [-0.2, 0) is 5.41 Å². The van der Waals surface area contributed by atoms with Gasteiger partial charge in [0.1, 0.15) is 0 Å². The third kappa shape index (κ3) is 5.21. The second kappa shape index (κ2) is 12.4. The normalized spacial score (nSPS) is 14.1. The number of fused-ring (bicyclic) bond motifs is 5. The van der Waals surface area contributed by atoms with Crippen LogP contribution >= 0.6 is 0 Å². The van der Waals surface area contributed by atoms with Crippen LogP contribution in [0.3, 0.4) is 0 Å². The Bertz CT molecular complexity index is 2380. The van der Waals surface area contributed by atoms with Crippen molar-refractivity contribution in [1.82, 2.24) is 9.97 Å². The molecule has 0 unspecified atom stereocenters. The van der Waals surface area contributed by atoms with Gasteiger partial charge in [-0.1, -0.05) is 147 Å². The lowest BCUT2D eigenvalue weighted by molar-refractivity contribution is 0.353. The average molecular weight is 642 g/mol. The zero-order valence-corrected chi connectivity index (χ0v) is 27.8. The molecule has 1 aromatic heterocycles. The van der Waals surface area contributed by atoms with Crippen LogP contribution < -0.4 is 0 Å². The molecule has 0 bridgehead atoms. The molecule has 1 saturated carbocycles. The molecule has 0 radical (unpaired) electrons. The lowest BCUT2D eigenvalue weighted by Crippen LogP contribution is -2.28. The number of rotatable bonds is 5. The van der Waals surface area contributed by atoms with Crippen LogP contribution in [0.4, 0.5) is 0 Å². The molecule has 1 fully saturated rings. The number of hydrogen-bond donors (Lipinski definition) is 0. The van der Waals surface area contributed by atoms with E-state index in [0.717, 1.165) is 46.5 Å². The summed E-state index contributed by atoms with van der Waals surface area (Å²) < 4.78 is 0. The Labute approximate surface area is 293 Å². The number of hydrogen-bond acceptors (Lipinski definition) is 3. The molecule has 6 aromatic carbocycles. The molecule has 9 rings (SSSR count). The van der Waals surface area contributed by atoms with Crippen molar-refractivity contribution in [3.8, 4) is 73.4 Å². The molecule has 2 aliphatic rings. The van der Waals surface area contributed by atoms with E-state index in [1.165, 1.54) is 63.8 Å². The SMILES string of the molecule is N#Cc1ccc2c(c1)C1(CCCCC1)c1cc(-c3ccc(-c4cc(-c5ccc(-c6ccccc6)cc5)nc(-c5ccccc5)n4)cc3)ccc1-2. The van der Waals surface area contributed by atoms with Gasteiger partial charge in [-0.2, -0.15) is 5.26 Å². The van der Waals surface area contributed by atoms with E-state index in [9.17, 15) is 5.26 Å². The summed E-state index contributed by atoms with van der Waals surface area (Å²) in [6.07, 6.45) is 5.99. The Balaban J connectivity index is 1.08. The smallest absolute Gasteiger partial charge is 0.160 e. The number of benzene rings is 6. The monoisotopic (exact) mass is 641 g/mol. The van der Waals surface area contributed by atoms with E-state index in [1.807, 2.05) is 30.3 Å². The average Bonchev–Trinajstić information content (AvgIpc) is 3.46. The Morgan fingerprint density at radius 1 is 0.440 bits per heavy atom. The molecule has 1 spiro atoms. The minimum Gasteiger partial charge on any atom is -0.228 e. The van der Waals surface area contributed by atoms with E-state index < -0.39 is 0 Å². The summed E-state index contributed by atoms with van der Waals surface area (Å²) in [5.41, 5.74) is 15.8. The first kappa shape index (κ1) is 30.0. The highest BCUT2D eigenvalue weighted by Crippen LogP contribution is 2.56. The molecular weight excluding hydrogens is 607 g/mol. The summed E-state index contributed by atoms with van der Waals surface area (Å²) >= 11 is 0. The molecule has 3 nitrogen and oxygen atoms in total. The van der Waals surface area contributed by atoms with Crippen LogP contribution in [0.25, 0.3) is 67.3 Å². The third-order valence-corrected chi connectivity index (χ3v) is 10.8. The van der Waals surface area contributed by atoms with Crippen molar-refractivity contribution in [1.29, 1.82) is 5.26 Å². The summed E-state index contributed by atoms with van der Waals surface area (Å²) in [5.74, 6) is 0.713. The highest BCUT2D eigenvalue weighted by molar-refractivity contribution is 5.85. The predicted octanol–water partition coefficient (Wildman–Crippen LogP) is 11.9. The summed E-state index contributed by atoms with van der Waals surface area (Å²) in [4.78, 5) is 10.1. The fourth-order valence-corrected chi connectivity index (χ4v) is 8.20. The second-order valence-electron chi connectivity index (χ2n) is 13.6. The fourth-order valence-electron chi connectivity index (χ4n) is 8.20. The molecule has 2 aliphatic carbocycles. The van der Waals surface area contributed by atoms with Gasteiger partial charge in [0.05, 0.1) is 23.0 Å². The molecule has 7 aromatic rings. The van der Waals surface area contributed by atoms with Gasteiger partial charge in [-0.15, -0.1) is 0 Å². The molecule has 1 heterocycles. The largest absolute Gasteiger partial charge is 0.228 e. The maximum Gasteiger partial charge on any atom is 0.160 e. The van der Waals surface area contributed by atoms with Gasteiger partial charge >= 0.3 is 0 Å².